The van der Waals surface area contributed by atoms with Crippen LogP contribution in [0, 0.1) is 10.1 Å². The summed E-state index contributed by atoms with van der Waals surface area (Å²) in [7, 11) is 0. The first-order chi connectivity index (χ1) is 16.5. The molecule has 39 heavy (non-hydrogen) atoms. The van der Waals surface area contributed by atoms with Crippen molar-refractivity contribution in [3.63, 3.8) is 0 Å². The number of rotatable bonds is 19. The number of hydrogen-bond acceptors (Lipinski definition) is 14. The molecule has 0 N–H and O–H groups in total. The fourth-order valence-electron chi connectivity index (χ4n) is 3.12. The second kappa shape index (κ2) is 28.4. The summed E-state index contributed by atoms with van der Waals surface area (Å²) >= 11 is 0. The molecule has 0 spiro atoms. The third-order valence-electron chi connectivity index (χ3n) is 4.50. The third-order valence-corrected chi connectivity index (χ3v) is 4.50. The smallest absolute Gasteiger partial charge is 0.549 e. The summed E-state index contributed by atoms with van der Waals surface area (Å²) in [6, 6.07) is 4.20. The molecule has 1 aromatic rings. The van der Waals surface area contributed by atoms with E-state index in [-0.39, 0.29) is 250 Å². The van der Waals surface area contributed by atoms with Crippen LogP contribution in [0.5, 0.6) is 0 Å². The van der Waals surface area contributed by atoms with Crippen molar-refractivity contribution >= 4 is 29.6 Å². The standard InChI is InChI=1S/C20H27N3O12.4K/c24-17(25)9-21(10-18(26)27)5-6-34-7-8-35-13-16(22(11-19(28)29)12-20(30)31)14-3-1-2-4-15(14)23(32)33;;;;/h1-4,16H,5-13H2,(H,24,25)(H,26,27)(H,28,29)(H,30,31);;;;/q;4*+1/p-4. The molecule has 0 saturated heterocycles. The molecule has 19 heteroatoms. The monoisotopic (exact) mass is 653 g/mol. The molecule has 0 fully saturated rings. The molecule has 1 atom stereocenters. The number of para-hydroxylation sites is 1. The van der Waals surface area contributed by atoms with Crippen LogP contribution in [0.25, 0.3) is 0 Å². The van der Waals surface area contributed by atoms with Crippen LogP contribution in [-0.4, -0.2) is 97.8 Å². The summed E-state index contributed by atoms with van der Waals surface area (Å²) in [6.45, 7) is -3.66. The number of carboxylic acids is 4. The van der Waals surface area contributed by atoms with Gasteiger partial charge in [0.05, 0.1) is 61.3 Å². The molecule has 0 bridgehead atoms. The van der Waals surface area contributed by atoms with Crippen LogP contribution >= 0.6 is 0 Å². The van der Waals surface area contributed by atoms with Crippen LogP contribution in [0.3, 0.4) is 0 Å². The Morgan fingerprint density at radius 3 is 1.67 bits per heavy atom. The molecule has 1 unspecified atom stereocenters. The van der Waals surface area contributed by atoms with Gasteiger partial charge in [0.2, 0.25) is 0 Å². The number of carboxylic acid groups (broad SMARTS) is 4. The van der Waals surface area contributed by atoms with E-state index in [1.54, 1.807) is 0 Å². The third kappa shape index (κ3) is 23.0. The van der Waals surface area contributed by atoms with Crippen molar-refractivity contribution in [1.29, 1.82) is 0 Å². The summed E-state index contributed by atoms with van der Waals surface area (Å²) in [5.41, 5.74) is -0.360. The Kier molecular flexibility index (Phi) is 35.5. The van der Waals surface area contributed by atoms with E-state index < -0.39 is 61.0 Å². The van der Waals surface area contributed by atoms with Gasteiger partial charge in [0.25, 0.3) is 5.69 Å². The molecule has 0 aliphatic rings. The Morgan fingerprint density at radius 1 is 0.744 bits per heavy atom. The Morgan fingerprint density at radius 2 is 1.21 bits per heavy atom. The molecule has 0 radical (unpaired) electrons. The predicted molar refractivity (Wildman–Crippen MR) is 106 cm³/mol. The van der Waals surface area contributed by atoms with E-state index in [1.165, 1.54) is 24.3 Å². The van der Waals surface area contributed by atoms with Gasteiger partial charge in [-0.1, -0.05) is 18.2 Å². The topological polar surface area (TPSA) is 229 Å². The fourth-order valence-corrected chi connectivity index (χ4v) is 3.12. The minimum atomic E-state index is -1.61. The van der Waals surface area contributed by atoms with Crippen molar-refractivity contribution in [3.8, 4) is 0 Å². The van der Waals surface area contributed by atoms with Gasteiger partial charge in [-0.2, -0.15) is 0 Å². The molecule has 1 rings (SSSR count). The Balaban J connectivity index is -0.00000153. The average Bonchev–Trinajstić information content (AvgIpc) is 2.73. The van der Waals surface area contributed by atoms with Crippen LogP contribution in [0.2, 0.25) is 0 Å². The number of benzene rings is 1. The first-order valence-corrected chi connectivity index (χ1v) is 10.2. The molecule has 15 nitrogen and oxygen atoms in total. The maximum atomic E-state index is 11.4. The minimum Gasteiger partial charge on any atom is -0.549 e. The maximum Gasteiger partial charge on any atom is 1.00 e. The maximum absolute atomic E-state index is 11.4. The van der Waals surface area contributed by atoms with E-state index in [1.807, 2.05) is 0 Å². The fraction of sp³-hybridized carbons (Fsp3) is 0.500. The van der Waals surface area contributed by atoms with Gasteiger partial charge in [-0.3, -0.25) is 19.9 Å². The quantitative estimate of drug-likeness (QED) is 0.0584. The van der Waals surface area contributed by atoms with Crippen LogP contribution in [0.4, 0.5) is 5.69 Å². The largest absolute Gasteiger partial charge is 1.00 e. The van der Waals surface area contributed by atoms with Crippen molar-refractivity contribution in [1.82, 2.24) is 9.80 Å². The number of aliphatic carboxylic acids is 4. The van der Waals surface area contributed by atoms with E-state index in [9.17, 15) is 49.7 Å². The molecular weight excluding hydrogens is 631 g/mol. The van der Waals surface area contributed by atoms with Crippen LogP contribution in [0.1, 0.15) is 11.6 Å². The van der Waals surface area contributed by atoms with E-state index in [0.717, 1.165) is 9.80 Å². The van der Waals surface area contributed by atoms with Gasteiger partial charge < -0.3 is 49.1 Å². The second-order valence-electron chi connectivity index (χ2n) is 7.12. The van der Waals surface area contributed by atoms with Gasteiger partial charge >= 0.3 is 206 Å². The Hall–Kier alpha value is 2.89. The zero-order valence-electron chi connectivity index (χ0n) is 22.5. The SMILES string of the molecule is O=C([O-])CN(CCOCCOCC(c1ccccc1[N+](=O)[O-])N(CC(=O)[O-])CC(=O)[O-])CC(=O)[O-].[K+].[K+].[K+].[K+]. The van der Waals surface area contributed by atoms with Crippen molar-refractivity contribution < 1.29 is 260 Å². The number of carbonyl (C=O) groups excluding carboxylic acids is 4. The van der Waals surface area contributed by atoms with Gasteiger partial charge in [-0.15, -0.1) is 0 Å². The van der Waals surface area contributed by atoms with Gasteiger partial charge in [-0.25, -0.2) is 0 Å². The summed E-state index contributed by atoms with van der Waals surface area (Å²) in [6.07, 6.45) is 0. The predicted octanol–water partition coefficient (Wildman–Crippen LogP) is -17.7. The minimum absolute atomic E-state index is 0. The first kappa shape index (κ1) is 48.8. The van der Waals surface area contributed by atoms with Gasteiger partial charge in [0.15, 0.2) is 0 Å². The summed E-state index contributed by atoms with van der Waals surface area (Å²) < 4.78 is 10.7. The van der Waals surface area contributed by atoms with Gasteiger partial charge in [0, 0.05) is 44.4 Å². The first-order valence-electron chi connectivity index (χ1n) is 10.2. The number of nitro benzene ring substituents is 1. The number of carbonyl (C=O) groups is 4. The zero-order valence-corrected chi connectivity index (χ0v) is 35.0. The van der Waals surface area contributed by atoms with Crippen LogP contribution in [-0.2, 0) is 28.7 Å². The van der Waals surface area contributed by atoms with Crippen molar-refractivity contribution in [2.45, 2.75) is 6.04 Å². The summed E-state index contributed by atoms with van der Waals surface area (Å²) in [5, 5.41) is 55.0. The van der Waals surface area contributed by atoms with Crippen molar-refractivity contribution in [2.24, 2.45) is 0 Å². The molecule has 1 aromatic carbocycles. The molecule has 0 heterocycles. The average molecular weight is 654 g/mol. The molecular formula is C20H23K4N3O12. The molecule has 0 saturated carbocycles. The summed E-state index contributed by atoms with van der Waals surface area (Å²) in [5.74, 6) is -6.19. The van der Waals surface area contributed by atoms with Gasteiger partial charge in [0.1, 0.15) is 0 Å². The number of ether oxygens (including phenoxy) is 2. The van der Waals surface area contributed by atoms with E-state index in [0.29, 0.717) is 0 Å². The molecule has 194 valence electrons. The number of nitrogens with zero attached hydrogens (tertiary/aromatic N) is 3. The molecule has 0 amide bonds. The second-order valence-corrected chi connectivity index (χ2v) is 7.12. The number of nitro groups is 1. The van der Waals surface area contributed by atoms with E-state index in [2.05, 4.69) is 0 Å². The Bertz CT molecular complexity index is 880. The molecule has 0 aliphatic carbocycles. The number of hydrogen-bond donors (Lipinski definition) is 0. The van der Waals surface area contributed by atoms with E-state index in [4.69, 9.17) is 9.47 Å². The van der Waals surface area contributed by atoms with Crippen molar-refractivity contribution in [2.75, 3.05) is 59.2 Å². The molecule has 0 aromatic heterocycles. The van der Waals surface area contributed by atoms with Crippen molar-refractivity contribution in [3.05, 3.63) is 39.9 Å². The Labute approximate surface area is 394 Å². The van der Waals surface area contributed by atoms with Crippen LogP contribution in [0.15, 0.2) is 24.3 Å². The zero-order chi connectivity index (χ0) is 26.4. The molecule has 0 aliphatic heterocycles. The summed E-state index contributed by atoms with van der Waals surface area (Å²) in [4.78, 5) is 56.2. The normalized spacial score (nSPS) is 10.7. The van der Waals surface area contributed by atoms with Crippen LogP contribution < -0.4 is 226 Å². The van der Waals surface area contributed by atoms with Gasteiger partial charge in [-0.05, 0) is 0 Å². The van der Waals surface area contributed by atoms with E-state index >= 15 is 0 Å².